The van der Waals surface area contributed by atoms with Crippen LogP contribution in [0, 0.1) is 0 Å². The largest absolute Gasteiger partial charge is 0.340 e. The fourth-order valence-electron chi connectivity index (χ4n) is 2.20. The monoisotopic (exact) mass is 307 g/mol. The molecule has 0 atom stereocenters. The van der Waals surface area contributed by atoms with Crippen LogP contribution in [0.5, 0.6) is 0 Å². The van der Waals surface area contributed by atoms with Gasteiger partial charge in [-0.15, -0.1) is 11.3 Å². The van der Waals surface area contributed by atoms with Crippen molar-refractivity contribution < 1.29 is 4.79 Å². The molecule has 4 heteroatoms. The van der Waals surface area contributed by atoms with Gasteiger partial charge in [-0.25, -0.2) is 0 Å². The summed E-state index contributed by atoms with van der Waals surface area (Å²) < 4.78 is 0.753. The summed E-state index contributed by atoms with van der Waals surface area (Å²) in [5.41, 5.74) is 0.498. The van der Waals surface area contributed by atoms with Crippen molar-refractivity contribution in [2.75, 3.05) is 7.05 Å². The molecule has 1 heterocycles. The molecular weight excluding hydrogens is 290 g/mol. The van der Waals surface area contributed by atoms with Crippen molar-refractivity contribution in [3.63, 3.8) is 0 Å². The van der Waals surface area contributed by atoms with Crippen molar-refractivity contribution in [3.8, 4) is 0 Å². The van der Waals surface area contributed by atoms with Gasteiger partial charge < -0.3 is 4.90 Å². The third kappa shape index (κ3) is 3.22. The Morgan fingerprint density at radius 2 is 1.85 bits per heavy atom. The van der Waals surface area contributed by atoms with Gasteiger partial charge in [-0.05, 0) is 31.5 Å². The minimum Gasteiger partial charge on any atom is -0.340 e. The van der Waals surface area contributed by atoms with Crippen molar-refractivity contribution in [3.05, 3.63) is 57.2 Å². The first kappa shape index (κ1) is 15.1. The lowest BCUT2D eigenvalue weighted by Gasteiger charge is -2.29. The maximum atomic E-state index is 12.7. The summed E-state index contributed by atoms with van der Waals surface area (Å²) in [6.45, 7) is 4.51. The Balaban J connectivity index is 2.13. The number of thiophene rings is 1. The van der Waals surface area contributed by atoms with Crippen LogP contribution < -0.4 is 0 Å². The van der Waals surface area contributed by atoms with Crippen LogP contribution in [0.15, 0.2) is 42.5 Å². The van der Waals surface area contributed by atoms with Gasteiger partial charge in [0.2, 0.25) is 5.91 Å². The Morgan fingerprint density at radius 1 is 1.20 bits per heavy atom. The zero-order chi connectivity index (χ0) is 14.8. The van der Waals surface area contributed by atoms with E-state index in [1.165, 1.54) is 11.3 Å². The number of likely N-dealkylation sites (N-methyl/N-ethyl adjacent to an activating group) is 1. The SMILES string of the molecule is CN(Cc1ccc(Cl)s1)C(=O)C(C)(C)c1ccccc1. The van der Waals surface area contributed by atoms with Gasteiger partial charge in [0, 0.05) is 11.9 Å². The fraction of sp³-hybridized carbons (Fsp3) is 0.312. The number of hydrogen-bond donors (Lipinski definition) is 0. The van der Waals surface area contributed by atoms with Crippen LogP contribution in [0.4, 0.5) is 0 Å². The third-order valence-corrected chi connectivity index (χ3v) is 4.61. The van der Waals surface area contributed by atoms with E-state index >= 15 is 0 Å². The second-order valence-corrected chi connectivity index (χ2v) is 7.16. The Kier molecular flexibility index (Phi) is 4.51. The molecule has 2 rings (SSSR count). The maximum Gasteiger partial charge on any atom is 0.232 e. The lowest BCUT2D eigenvalue weighted by molar-refractivity contribution is -0.135. The van der Waals surface area contributed by atoms with E-state index in [1.807, 2.05) is 63.4 Å². The van der Waals surface area contributed by atoms with Gasteiger partial charge in [-0.3, -0.25) is 4.79 Å². The summed E-state index contributed by atoms with van der Waals surface area (Å²) in [6, 6.07) is 13.7. The van der Waals surface area contributed by atoms with Crippen molar-refractivity contribution in [2.45, 2.75) is 25.8 Å². The first-order chi connectivity index (χ1) is 9.41. The normalized spacial score (nSPS) is 11.4. The molecule has 0 spiro atoms. The van der Waals surface area contributed by atoms with Crippen molar-refractivity contribution in [1.29, 1.82) is 0 Å². The highest BCUT2D eigenvalue weighted by Gasteiger charge is 2.32. The predicted molar refractivity (Wildman–Crippen MR) is 85.3 cm³/mol. The number of carbonyl (C=O) groups is 1. The highest BCUT2D eigenvalue weighted by Crippen LogP contribution is 2.27. The molecule has 1 amide bonds. The van der Waals surface area contributed by atoms with E-state index in [9.17, 15) is 4.79 Å². The highest BCUT2D eigenvalue weighted by atomic mass is 35.5. The Hall–Kier alpha value is -1.32. The summed E-state index contributed by atoms with van der Waals surface area (Å²) in [5.74, 6) is 0.105. The molecule has 0 fully saturated rings. The molecule has 1 aromatic heterocycles. The third-order valence-electron chi connectivity index (χ3n) is 3.40. The summed E-state index contributed by atoms with van der Waals surface area (Å²) in [7, 11) is 1.83. The minimum absolute atomic E-state index is 0.105. The molecule has 106 valence electrons. The number of amides is 1. The molecule has 0 saturated heterocycles. The number of rotatable bonds is 4. The van der Waals surface area contributed by atoms with E-state index in [0.29, 0.717) is 6.54 Å². The highest BCUT2D eigenvalue weighted by molar-refractivity contribution is 7.16. The van der Waals surface area contributed by atoms with Crippen molar-refractivity contribution in [2.24, 2.45) is 0 Å². The average molecular weight is 308 g/mol. The van der Waals surface area contributed by atoms with Gasteiger partial charge in [-0.1, -0.05) is 41.9 Å². The summed E-state index contributed by atoms with van der Waals surface area (Å²) >= 11 is 7.44. The van der Waals surface area contributed by atoms with Gasteiger partial charge in [0.25, 0.3) is 0 Å². The molecule has 0 aliphatic carbocycles. The Morgan fingerprint density at radius 3 is 2.40 bits per heavy atom. The van der Waals surface area contributed by atoms with Gasteiger partial charge in [0.15, 0.2) is 0 Å². The lowest BCUT2D eigenvalue weighted by atomic mass is 9.83. The lowest BCUT2D eigenvalue weighted by Crippen LogP contribution is -2.40. The molecule has 1 aromatic carbocycles. The Bertz CT molecular complexity index is 592. The number of hydrogen-bond acceptors (Lipinski definition) is 2. The van der Waals surface area contributed by atoms with Crippen LogP contribution in [-0.2, 0) is 16.8 Å². The van der Waals surface area contributed by atoms with Crippen molar-refractivity contribution in [1.82, 2.24) is 4.90 Å². The molecule has 0 radical (unpaired) electrons. The molecule has 2 nitrogen and oxygen atoms in total. The molecular formula is C16H18ClNOS. The van der Waals surface area contributed by atoms with Crippen LogP contribution in [0.3, 0.4) is 0 Å². The molecule has 20 heavy (non-hydrogen) atoms. The zero-order valence-corrected chi connectivity index (χ0v) is 13.5. The number of benzene rings is 1. The average Bonchev–Trinajstić information content (AvgIpc) is 2.84. The number of carbonyl (C=O) groups excluding carboxylic acids is 1. The smallest absolute Gasteiger partial charge is 0.232 e. The molecule has 2 aromatic rings. The van der Waals surface area contributed by atoms with Gasteiger partial charge in [0.05, 0.1) is 16.3 Å². The molecule has 0 aliphatic rings. The predicted octanol–water partition coefficient (Wildman–Crippen LogP) is 4.34. The van der Waals surface area contributed by atoms with Crippen LogP contribution in [-0.4, -0.2) is 17.9 Å². The van der Waals surface area contributed by atoms with E-state index in [2.05, 4.69) is 0 Å². The van der Waals surface area contributed by atoms with E-state index in [1.54, 1.807) is 4.90 Å². The standard InChI is InChI=1S/C16H18ClNOS/c1-16(2,12-7-5-4-6-8-12)15(19)18(3)11-13-9-10-14(17)20-13/h4-10H,11H2,1-3H3. The van der Waals surface area contributed by atoms with Gasteiger partial charge >= 0.3 is 0 Å². The maximum absolute atomic E-state index is 12.7. The molecule has 0 bridgehead atoms. The second kappa shape index (κ2) is 5.98. The minimum atomic E-state index is -0.531. The molecule has 0 unspecified atom stereocenters. The molecule has 0 N–H and O–H groups in total. The van der Waals surface area contributed by atoms with Crippen molar-refractivity contribution >= 4 is 28.8 Å². The van der Waals surface area contributed by atoms with Crippen LogP contribution >= 0.6 is 22.9 Å². The van der Waals surface area contributed by atoms with Crippen LogP contribution in [0.25, 0.3) is 0 Å². The van der Waals surface area contributed by atoms with E-state index in [4.69, 9.17) is 11.6 Å². The van der Waals surface area contributed by atoms with Crippen LogP contribution in [0.2, 0.25) is 4.34 Å². The Labute approximate surface area is 129 Å². The van der Waals surface area contributed by atoms with E-state index in [-0.39, 0.29) is 5.91 Å². The zero-order valence-electron chi connectivity index (χ0n) is 11.9. The quantitative estimate of drug-likeness (QED) is 0.823. The van der Waals surface area contributed by atoms with E-state index in [0.717, 1.165) is 14.8 Å². The molecule has 0 saturated carbocycles. The second-order valence-electron chi connectivity index (χ2n) is 5.36. The molecule has 0 aliphatic heterocycles. The number of halogens is 1. The first-order valence-electron chi connectivity index (χ1n) is 6.46. The van der Waals surface area contributed by atoms with Crippen LogP contribution in [0.1, 0.15) is 24.3 Å². The van der Waals surface area contributed by atoms with E-state index < -0.39 is 5.41 Å². The van der Waals surface area contributed by atoms with Gasteiger partial charge in [-0.2, -0.15) is 0 Å². The summed E-state index contributed by atoms with van der Waals surface area (Å²) in [6.07, 6.45) is 0. The fourth-order valence-corrected chi connectivity index (χ4v) is 3.34. The number of nitrogens with zero attached hydrogens (tertiary/aromatic N) is 1. The summed E-state index contributed by atoms with van der Waals surface area (Å²) in [5, 5.41) is 0. The summed E-state index contributed by atoms with van der Waals surface area (Å²) in [4.78, 5) is 15.5. The first-order valence-corrected chi connectivity index (χ1v) is 7.66. The topological polar surface area (TPSA) is 20.3 Å². The van der Waals surface area contributed by atoms with Gasteiger partial charge in [0.1, 0.15) is 0 Å².